The normalized spacial score (nSPS) is 9.33. The Hall–Kier alpha value is -0.554. The summed E-state index contributed by atoms with van der Waals surface area (Å²) in [6, 6.07) is 0. The molecule has 4 nitrogen and oxygen atoms in total. The Morgan fingerprint density at radius 1 is 0.667 bits per heavy atom. The monoisotopic (exact) mass is 261 g/mol. The van der Waals surface area contributed by atoms with E-state index in [1.54, 1.807) is 0 Å². The zero-order valence-corrected chi connectivity index (χ0v) is 9.74. The van der Waals surface area contributed by atoms with E-state index in [9.17, 15) is 9.59 Å². The second kappa shape index (κ2) is 11.5. The van der Waals surface area contributed by atoms with E-state index in [0.717, 1.165) is 38.5 Å². The van der Waals surface area contributed by atoms with Crippen LogP contribution < -0.4 is 0 Å². The molecular formula is C10H18CoO4. The molecule has 0 unspecified atom stereocenters. The molecule has 0 aliphatic carbocycles. The van der Waals surface area contributed by atoms with Crippen LogP contribution >= 0.6 is 0 Å². The van der Waals surface area contributed by atoms with Crippen molar-refractivity contribution in [2.24, 2.45) is 0 Å². The molecule has 5 heteroatoms. The maximum Gasteiger partial charge on any atom is 0.303 e. The summed E-state index contributed by atoms with van der Waals surface area (Å²) in [6.45, 7) is 0. The molecule has 0 rings (SSSR count). The third kappa shape index (κ3) is 16.1. The van der Waals surface area contributed by atoms with Crippen molar-refractivity contribution in [1.29, 1.82) is 0 Å². The molecule has 1 radical (unpaired) electrons. The molecule has 0 aliphatic heterocycles. The second-order valence-electron chi connectivity index (χ2n) is 3.41. The third-order valence-electron chi connectivity index (χ3n) is 2.03. The van der Waals surface area contributed by atoms with Gasteiger partial charge in [0.25, 0.3) is 0 Å². The number of hydrogen-bond donors (Lipinski definition) is 2. The van der Waals surface area contributed by atoms with Gasteiger partial charge in [-0.15, -0.1) is 0 Å². The molecule has 0 heterocycles. The molecule has 0 aliphatic rings. The van der Waals surface area contributed by atoms with E-state index in [4.69, 9.17) is 10.2 Å². The van der Waals surface area contributed by atoms with Crippen LogP contribution in [-0.2, 0) is 26.4 Å². The van der Waals surface area contributed by atoms with Gasteiger partial charge in [0.2, 0.25) is 0 Å². The van der Waals surface area contributed by atoms with Crippen molar-refractivity contribution < 1.29 is 36.6 Å². The van der Waals surface area contributed by atoms with Gasteiger partial charge in [0.15, 0.2) is 0 Å². The molecule has 0 aromatic heterocycles. The predicted molar refractivity (Wildman–Crippen MR) is 52.2 cm³/mol. The van der Waals surface area contributed by atoms with Gasteiger partial charge in [-0.3, -0.25) is 9.59 Å². The van der Waals surface area contributed by atoms with Crippen molar-refractivity contribution in [3.63, 3.8) is 0 Å². The van der Waals surface area contributed by atoms with Gasteiger partial charge in [0.05, 0.1) is 0 Å². The first kappa shape index (κ1) is 16.9. The Bertz CT molecular complexity index is 162. The van der Waals surface area contributed by atoms with Crippen LogP contribution in [0.4, 0.5) is 0 Å². The summed E-state index contributed by atoms with van der Waals surface area (Å²) < 4.78 is 0. The predicted octanol–water partition coefficient (Wildman–Crippen LogP) is 2.27. The number of rotatable bonds is 9. The molecule has 0 aromatic carbocycles. The molecule has 15 heavy (non-hydrogen) atoms. The average molecular weight is 261 g/mol. The van der Waals surface area contributed by atoms with Crippen LogP contribution in [0.3, 0.4) is 0 Å². The first-order chi connectivity index (χ1) is 6.63. The Morgan fingerprint density at radius 2 is 0.933 bits per heavy atom. The van der Waals surface area contributed by atoms with Crippen LogP contribution in [0.15, 0.2) is 0 Å². The van der Waals surface area contributed by atoms with Gasteiger partial charge in [-0.25, -0.2) is 0 Å². The molecule has 0 amide bonds. The molecule has 91 valence electrons. The minimum absolute atomic E-state index is 0. The smallest absolute Gasteiger partial charge is 0.303 e. The van der Waals surface area contributed by atoms with Crippen molar-refractivity contribution in [1.82, 2.24) is 0 Å². The molecule has 0 fully saturated rings. The zero-order chi connectivity index (χ0) is 10.8. The van der Waals surface area contributed by atoms with Gasteiger partial charge in [-0.1, -0.05) is 25.7 Å². The maximum atomic E-state index is 10.1. The molecule has 0 bridgehead atoms. The molecule has 0 spiro atoms. The van der Waals surface area contributed by atoms with Crippen molar-refractivity contribution in [3.8, 4) is 0 Å². The Balaban J connectivity index is 0. The van der Waals surface area contributed by atoms with E-state index in [0.29, 0.717) is 0 Å². The summed E-state index contributed by atoms with van der Waals surface area (Å²) in [5, 5.41) is 16.7. The fourth-order valence-electron chi connectivity index (χ4n) is 1.26. The summed E-state index contributed by atoms with van der Waals surface area (Å²) in [5.41, 5.74) is 0. The number of hydrogen-bond acceptors (Lipinski definition) is 2. The van der Waals surface area contributed by atoms with Crippen LogP contribution in [-0.4, -0.2) is 22.2 Å². The van der Waals surface area contributed by atoms with Crippen molar-refractivity contribution in [2.75, 3.05) is 0 Å². The summed E-state index contributed by atoms with van der Waals surface area (Å²) >= 11 is 0. The summed E-state index contributed by atoms with van der Waals surface area (Å²) in [7, 11) is 0. The van der Waals surface area contributed by atoms with Crippen molar-refractivity contribution in [3.05, 3.63) is 0 Å². The van der Waals surface area contributed by atoms with Crippen LogP contribution in [0.2, 0.25) is 0 Å². The standard InChI is InChI=1S/C10H18O4.Co/c11-9(12)7-5-3-1-2-4-6-8-10(13)14;/h1-8H2,(H,11,12)(H,13,14);. The number of carboxylic acids is 2. The van der Waals surface area contributed by atoms with Gasteiger partial charge in [0.1, 0.15) is 0 Å². The van der Waals surface area contributed by atoms with E-state index >= 15 is 0 Å². The van der Waals surface area contributed by atoms with Crippen LogP contribution in [0.1, 0.15) is 51.4 Å². The summed E-state index contributed by atoms with van der Waals surface area (Å²) in [5.74, 6) is -1.48. The minimum Gasteiger partial charge on any atom is -0.481 e. The quantitative estimate of drug-likeness (QED) is 0.624. The molecule has 0 saturated carbocycles. The average Bonchev–Trinajstić information content (AvgIpc) is 2.08. The summed E-state index contributed by atoms with van der Waals surface area (Å²) in [6.07, 6.45) is 5.82. The van der Waals surface area contributed by atoms with E-state index in [1.807, 2.05) is 0 Å². The Morgan fingerprint density at radius 3 is 1.20 bits per heavy atom. The van der Waals surface area contributed by atoms with E-state index in [-0.39, 0.29) is 29.6 Å². The molecule has 2 N–H and O–H groups in total. The van der Waals surface area contributed by atoms with Crippen LogP contribution in [0.5, 0.6) is 0 Å². The number of carbonyl (C=O) groups is 2. The maximum absolute atomic E-state index is 10.1. The first-order valence-corrected chi connectivity index (χ1v) is 5.06. The molecule has 0 saturated heterocycles. The van der Waals surface area contributed by atoms with Gasteiger partial charge < -0.3 is 10.2 Å². The first-order valence-electron chi connectivity index (χ1n) is 5.06. The fraction of sp³-hybridized carbons (Fsp3) is 0.800. The number of aliphatic carboxylic acids is 2. The van der Waals surface area contributed by atoms with Gasteiger partial charge in [-0.05, 0) is 12.8 Å². The SMILES string of the molecule is O=C(O)CCCCCCCCC(=O)O.[Co]. The zero-order valence-electron chi connectivity index (χ0n) is 8.70. The Kier molecular flexibility index (Phi) is 13.0. The molecular weight excluding hydrogens is 243 g/mol. The largest absolute Gasteiger partial charge is 0.481 e. The van der Waals surface area contributed by atoms with Gasteiger partial charge >= 0.3 is 11.9 Å². The van der Waals surface area contributed by atoms with E-state index < -0.39 is 11.9 Å². The van der Waals surface area contributed by atoms with Crippen LogP contribution in [0.25, 0.3) is 0 Å². The fourth-order valence-corrected chi connectivity index (χ4v) is 1.26. The van der Waals surface area contributed by atoms with Crippen LogP contribution in [0, 0.1) is 0 Å². The molecule has 0 aromatic rings. The van der Waals surface area contributed by atoms with Gasteiger partial charge in [-0.2, -0.15) is 0 Å². The second-order valence-corrected chi connectivity index (χ2v) is 3.41. The molecule has 0 atom stereocenters. The van der Waals surface area contributed by atoms with Crippen molar-refractivity contribution >= 4 is 11.9 Å². The minimum atomic E-state index is -0.740. The third-order valence-corrected chi connectivity index (χ3v) is 2.03. The Labute approximate surface area is 100 Å². The number of carboxylic acid groups (broad SMARTS) is 2. The number of unbranched alkanes of at least 4 members (excludes halogenated alkanes) is 5. The van der Waals surface area contributed by atoms with E-state index in [1.165, 1.54) is 0 Å². The topological polar surface area (TPSA) is 74.6 Å². The van der Waals surface area contributed by atoms with E-state index in [2.05, 4.69) is 0 Å². The van der Waals surface area contributed by atoms with Crippen molar-refractivity contribution in [2.45, 2.75) is 51.4 Å². The van der Waals surface area contributed by atoms with Gasteiger partial charge in [0, 0.05) is 29.6 Å². The summed E-state index contributed by atoms with van der Waals surface area (Å²) in [4.78, 5) is 20.3.